The van der Waals surface area contributed by atoms with Gasteiger partial charge in [-0.15, -0.1) is 12.4 Å². The van der Waals surface area contributed by atoms with Crippen LogP contribution in [0.1, 0.15) is 18.9 Å². The van der Waals surface area contributed by atoms with Gasteiger partial charge in [-0.2, -0.15) is 0 Å². The van der Waals surface area contributed by atoms with Crippen molar-refractivity contribution in [3.05, 3.63) is 23.8 Å². The molecule has 16 heavy (non-hydrogen) atoms. The molecule has 0 heterocycles. The van der Waals surface area contributed by atoms with Gasteiger partial charge in [-0.05, 0) is 31.0 Å². The lowest BCUT2D eigenvalue weighted by atomic mass is 10.2. The number of anilines is 1. The Morgan fingerprint density at radius 3 is 2.75 bits per heavy atom. The molecule has 0 aromatic heterocycles. The number of rotatable bonds is 3. The molecule has 1 atom stereocenters. The third-order valence-corrected chi connectivity index (χ3v) is 2.19. The molecule has 5 heteroatoms. The van der Waals surface area contributed by atoms with Crippen LogP contribution in [-0.4, -0.2) is 17.1 Å². The molecular formula is C11H17ClN2O2. The van der Waals surface area contributed by atoms with Crippen molar-refractivity contribution in [2.24, 2.45) is 5.73 Å². The Labute approximate surface area is 101 Å². The van der Waals surface area contributed by atoms with Gasteiger partial charge in [-0.25, -0.2) is 0 Å². The molecule has 0 bridgehead atoms. The maximum atomic E-state index is 11.5. The second-order valence-electron chi connectivity index (χ2n) is 3.52. The van der Waals surface area contributed by atoms with Gasteiger partial charge < -0.3 is 16.2 Å². The first-order valence-corrected chi connectivity index (χ1v) is 4.90. The second-order valence-corrected chi connectivity index (χ2v) is 3.52. The standard InChI is InChI=1S/C11H16N2O2.ClH/c1-3-8(12)11(15)13-9-6-7(2)4-5-10(9)14;/h4-6,8,14H,3,12H2,1-2H3,(H,13,15);1H. The van der Waals surface area contributed by atoms with Crippen molar-refractivity contribution < 1.29 is 9.90 Å². The van der Waals surface area contributed by atoms with Crippen LogP contribution in [0.2, 0.25) is 0 Å². The molecule has 0 saturated heterocycles. The predicted octanol–water partition coefficient (Wildman–Crippen LogP) is 1.80. The summed E-state index contributed by atoms with van der Waals surface area (Å²) < 4.78 is 0. The van der Waals surface area contributed by atoms with E-state index >= 15 is 0 Å². The molecule has 1 rings (SSSR count). The summed E-state index contributed by atoms with van der Waals surface area (Å²) in [4.78, 5) is 11.5. The lowest BCUT2D eigenvalue weighted by Gasteiger charge is -2.11. The quantitative estimate of drug-likeness (QED) is 0.710. The van der Waals surface area contributed by atoms with Gasteiger partial charge in [0.25, 0.3) is 0 Å². The van der Waals surface area contributed by atoms with Gasteiger partial charge in [0, 0.05) is 0 Å². The lowest BCUT2D eigenvalue weighted by molar-refractivity contribution is -0.117. The topological polar surface area (TPSA) is 75.4 Å². The summed E-state index contributed by atoms with van der Waals surface area (Å²) in [5.41, 5.74) is 6.93. The monoisotopic (exact) mass is 244 g/mol. The number of carbonyl (C=O) groups excluding carboxylic acids is 1. The van der Waals surface area contributed by atoms with E-state index < -0.39 is 6.04 Å². The van der Waals surface area contributed by atoms with Crippen molar-refractivity contribution in [3.8, 4) is 5.75 Å². The molecule has 1 unspecified atom stereocenters. The molecule has 4 nitrogen and oxygen atoms in total. The van der Waals surface area contributed by atoms with Crippen molar-refractivity contribution >= 4 is 24.0 Å². The van der Waals surface area contributed by atoms with Gasteiger partial charge >= 0.3 is 0 Å². The molecule has 90 valence electrons. The maximum absolute atomic E-state index is 11.5. The van der Waals surface area contributed by atoms with Crippen LogP contribution < -0.4 is 11.1 Å². The van der Waals surface area contributed by atoms with Crippen LogP contribution in [0.15, 0.2) is 18.2 Å². The number of carbonyl (C=O) groups is 1. The first kappa shape index (κ1) is 14.7. The number of halogens is 1. The van der Waals surface area contributed by atoms with Crippen molar-refractivity contribution in [2.45, 2.75) is 26.3 Å². The Morgan fingerprint density at radius 2 is 2.19 bits per heavy atom. The van der Waals surface area contributed by atoms with Crippen LogP contribution >= 0.6 is 12.4 Å². The average Bonchev–Trinajstić information content (AvgIpc) is 2.22. The zero-order chi connectivity index (χ0) is 11.4. The first-order valence-electron chi connectivity index (χ1n) is 4.90. The third kappa shape index (κ3) is 3.72. The number of nitrogens with two attached hydrogens (primary N) is 1. The van der Waals surface area contributed by atoms with Crippen molar-refractivity contribution in [3.63, 3.8) is 0 Å². The molecule has 0 aliphatic rings. The molecule has 0 aliphatic heterocycles. The number of hydrogen-bond donors (Lipinski definition) is 3. The van der Waals surface area contributed by atoms with Gasteiger partial charge in [0.1, 0.15) is 5.75 Å². The number of phenols is 1. The predicted molar refractivity (Wildman–Crippen MR) is 67.0 cm³/mol. The van der Waals surface area contributed by atoms with Crippen molar-refractivity contribution in [1.82, 2.24) is 0 Å². The molecule has 0 aliphatic carbocycles. The number of hydrogen-bond acceptors (Lipinski definition) is 3. The fourth-order valence-electron chi connectivity index (χ4n) is 1.16. The van der Waals surface area contributed by atoms with Gasteiger partial charge in [0.15, 0.2) is 0 Å². The SMILES string of the molecule is CCC(N)C(=O)Nc1cc(C)ccc1O.Cl. The Kier molecular flexibility index (Phi) is 5.85. The Bertz CT molecular complexity index is 369. The normalized spacial score (nSPS) is 11.4. The first-order chi connectivity index (χ1) is 7.04. The van der Waals surface area contributed by atoms with Gasteiger partial charge in [0.05, 0.1) is 11.7 Å². The highest BCUT2D eigenvalue weighted by Crippen LogP contribution is 2.23. The zero-order valence-electron chi connectivity index (χ0n) is 9.36. The van der Waals surface area contributed by atoms with E-state index in [1.165, 1.54) is 0 Å². The highest BCUT2D eigenvalue weighted by molar-refractivity contribution is 5.95. The molecule has 0 spiro atoms. The highest BCUT2D eigenvalue weighted by Gasteiger charge is 2.12. The van der Waals surface area contributed by atoms with Crippen LogP contribution in [0.3, 0.4) is 0 Å². The van der Waals surface area contributed by atoms with Crippen molar-refractivity contribution in [2.75, 3.05) is 5.32 Å². The molecule has 1 aromatic rings. The van der Waals surface area contributed by atoms with Crippen LogP contribution in [0.4, 0.5) is 5.69 Å². The fourth-order valence-corrected chi connectivity index (χ4v) is 1.16. The highest BCUT2D eigenvalue weighted by atomic mass is 35.5. The Balaban J connectivity index is 0.00000225. The molecular weight excluding hydrogens is 228 g/mol. The van der Waals surface area contributed by atoms with E-state index in [1.54, 1.807) is 18.2 Å². The Hall–Kier alpha value is -1.26. The summed E-state index contributed by atoms with van der Waals surface area (Å²) in [5.74, 6) is -0.226. The third-order valence-electron chi connectivity index (χ3n) is 2.19. The largest absolute Gasteiger partial charge is 0.506 e. The molecule has 1 amide bonds. The number of benzene rings is 1. The molecule has 0 fully saturated rings. The minimum Gasteiger partial charge on any atom is -0.506 e. The van der Waals surface area contributed by atoms with E-state index in [0.29, 0.717) is 12.1 Å². The molecule has 0 radical (unpaired) electrons. The molecule has 4 N–H and O–H groups in total. The summed E-state index contributed by atoms with van der Waals surface area (Å²) in [7, 11) is 0. The number of phenolic OH excluding ortho intramolecular Hbond substituents is 1. The number of aromatic hydroxyl groups is 1. The fraction of sp³-hybridized carbons (Fsp3) is 0.364. The van der Waals surface area contributed by atoms with E-state index in [0.717, 1.165) is 5.56 Å². The summed E-state index contributed by atoms with van der Waals surface area (Å²) >= 11 is 0. The van der Waals surface area contributed by atoms with Gasteiger partial charge in [-0.1, -0.05) is 13.0 Å². The van der Waals surface area contributed by atoms with E-state index in [2.05, 4.69) is 5.32 Å². The lowest BCUT2D eigenvalue weighted by Crippen LogP contribution is -2.34. The van der Waals surface area contributed by atoms with Crippen LogP contribution in [0.5, 0.6) is 5.75 Å². The van der Waals surface area contributed by atoms with Gasteiger partial charge in [0.2, 0.25) is 5.91 Å². The smallest absolute Gasteiger partial charge is 0.241 e. The molecule has 1 aromatic carbocycles. The number of nitrogens with one attached hydrogen (secondary N) is 1. The summed E-state index contributed by atoms with van der Waals surface area (Å²) in [6, 6.07) is 4.48. The van der Waals surface area contributed by atoms with Gasteiger partial charge in [-0.3, -0.25) is 4.79 Å². The van der Waals surface area contributed by atoms with E-state index in [-0.39, 0.29) is 24.1 Å². The maximum Gasteiger partial charge on any atom is 0.241 e. The van der Waals surface area contributed by atoms with Crippen LogP contribution in [-0.2, 0) is 4.79 Å². The zero-order valence-corrected chi connectivity index (χ0v) is 10.2. The second kappa shape index (κ2) is 6.35. The Morgan fingerprint density at radius 1 is 1.56 bits per heavy atom. The minimum atomic E-state index is -0.537. The summed E-state index contributed by atoms with van der Waals surface area (Å²) in [6.07, 6.45) is 0.568. The summed E-state index contributed by atoms with van der Waals surface area (Å²) in [6.45, 7) is 3.72. The average molecular weight is 245 g/mol. The minimum absolute atomic E-state index is 0. The number of aryl methyl sites for hydroxylation is 1. The van der Waals surface area contributed by atoms with Crippen molar-refractivity contribution in [1.29, 1.82) is 0 Å². The van der Waals surface area contributed by atoms with E-state index in [1.807, 2.05) is 13.8 Å². The van der Waals surface area contributed by atoms with E-state index in [4.69, 9.17) is 5.73 Å². The molecule has 0 saturated carbocycles. The van der Waals surface area contributed by atoms with E-state index in [9.17, 15) is 9.90 Å². The number of amides is 1. The summed E-state index contributed by atoms with van der Waals surface area (Å²) in [5, 5.41) is 12.1. The van der Waals surface area contributed by atoms with Crippen LogP contribution in [0, 0.1) is 6.92 Å². The van der Waals surface area contributed by atoms with Crippen LogP contribution in [0.25, 0.3) is 0 Å².